The number of carboxylic acids is 1. The molecular formula is C26H32ClNO3. The number of hydrogen-bond acceptors (Lipinski definition) is 2. The molecule has 4 nitrogen and oxygen atoms in total. The summed E-state index contributed by atoms with van der Waals surface area (Å²) in [7, 11) is 0. The Bertz CT molecular complexity index is 1120. The number of carbonyl (C=O) groups is 1. The van der Waals surface area contributed by atoms with Crippen LogP contribution in [0.25, 0.3) is 11.1 Å². The molecule has 0 saturated carbocycles. The molecule has 2 heterocycles. The van der Waals surface area contributed by atoms with Crippen LogP contribution < -0.4 is 10.6 Å². The molecule has 0 unspecified atom stereocenters. The molecule has 2 N–H and O–H groups in total. The highest BCUT2D eigenvalue weighted by molar-refractivity contribution is 6.30. The molecule has 1 aliphatic rings. The minimum absolute atomic E-state index is 0.0259. The Morgan fingerprint density at radius 2 is 1.77 bits per heavy atom. The van der Waals surface area contributed by atoms with Gasteiger partial charge in [-0.2, -0.15) is 0 Å². The number of carboxylic acid groups (broad SMARTS) is 1. The number of halogens is 1. The number of nitrogens with zero attached hydrogens (tertiary/aromatic N) is 1. The van der Waals surface area contributed by atoms with Crippen LogP contribution in [0.1, 0.15) is 52.3 Å². The number of aliphatic hydroxyl groups is 1. The Kier molecular flexibility index (Phi) is 8.10. The van der Waals surface area contributed by atoms with E-state index in [1.807, 2.05) is 31.2 Å². The van der Waals surface area contributed by atoms with Crippen LogP contribution in [-0.2, 0) is 11.3 Å². The van der Waals surface area contributed by atoms with E-state index in [9.17, 15) is 4.79 Å². The van der Waals surface area contributed by atoms with E-state index in [0.717, 1.165) is 33.6 Å². The largest absolute Gasteiger partial charge is 0.481 e. The number of fused-ring (bicyclic) bond motifs is 1. The fourth-order valence-electron chi connectivity index (χ4n) is 3.37. The zero-order chi connectivity index (χ0) is 23.3. The van der Waals surface area contributed by atoms with Gasteiger partial charge in [-0.25, -0.2) is 0 Å². The average molecular weight is 442 g/mol. The van der Waals surface area contributed by atoms with E-state index >= 15 is 0 Å². The van der Waals surface area contributed by atoms with Crippen LogP contribution in [0.4, 0.5) is 0 Å². The Labute approximate surface area is 189 Å². The second kappa shape index (κ2) is 10.2. The van der Waals surface area contributed by atoms with E-state index in [2.05, 4.69) is 36.6 Å². The second-order valence-electron chi connectivity index (χ2n) is 8.76. The molecule has 166 valence electrons. The van der Waals surface area contributed by atoms with Crippen LogP contribution in [0.5, 0.6) is 0 Å². The van der Waals surface area contributed by atoms with E-state index in [0.29, 0.717) is 0 Å². The van der Waals surface area contributed by atoms with Gasteiger partial charge in [0.1, 0.15) is 0 Å². The standard InChI is InChI=1S/C22H22ClNO2.C4H10O/c1-14(6-11-21(25)26)19-5-4-12-24-15(2)13-20(22(19)24)16(3)17-7-9-18(23)10-8-17;1-4(2,3)5/h4-10,13H,11-12H2,1-3H3,(H,25,26);5H,1-3H3/b14-6+,20-16+;. The van der Waals surface area contributed by atoms with Crippen molar-refractivity contribution in [1.29, 1.82) is 0 Å². The van der Waals surface area contributed by atoms with Gasteiger partial charge in [-0.15, -0.1) is 0 Å². The lowest BCUT2D eigenvalue weighted by Crippen LogP contribution is -2.34. The highest BCUT2D eigenvalue weighted by Gasteiger charge is 2.12. The van der Waals surface area contributed by atoms with Crippen LogP contribution in [0, 0.1) is 6.92 Å². The number of aryl methyl sites for hydroxylation is 1. The van der Waals surface area contributed by atoms with E-state index in [4.69, 9.17) is 21.8 Å². The maximum Gasteiger partial charge on any atom is 0.307 e. The summed E-state index contributed by atoms with van der Waals surface area (Å²) in [6.07, 6.45) is 6.02. The molecule has 0 radical (unpaired) electrons. The van der Waals surface area contributed by atoms with Crippen molar-refractivity contribution < 1.29 is 15.0 Å². The third kappa shape index (κ3) is 6.98. The lowest BCUT2D eigenvalue weighted by Gasteiger charge is -2.13. The van der Waals surface area contributed by atoms with Crippen molar-refractivity contribution in [2.75, 3.05) is 0 Å². The van der Waals surface area contributed by atoms with Crippen LogP contribution in [0.2, 0.25) is 5.02 Å². The monoisotopic (exact) mass is 441 g/mol. The molecule has 1 aliphatic heterocycles. The molecular weight excluding hydrogens is 410 g/mol. The quantitative estimate of drug-likeness (QED) is 0.729. The van der Waals surface area contributed by atoms with Crippen LogP contribution in [0.3, 0.4) is 0 Å². The third-order valence-electron chi connectivity index (χ3n) is 4.82. The Morgan fingerprint density at radius 3 is 2.32 bits per heavy atom. The number of allylic oxidation sites excluding steroid dienone is 3. The van der Waals surface area contributed by atoms with Gasteiger partial charge >= 0.3 is 5.97 Å². The Balaban J connectivity index is 0.000000614. The van der Waals surface area contributed by atoms with Crippen LogP contribution >= 0.6 is 11.6 Å². The SMILES string of the molecule is C/C(=C\CC(=O)O)C1=c2/c(=C(\C)c3ccc(Cl)cc3)cc(C)n2CC=C1.CC(C)(C)O. The maximum atomic E-state index is 10.9. The van der Waals surface area contributed by atoms with Gasteiger partial charge in [0.15, 0.2) is 0 Å². The summed E-state index contributed by atoms with van der Waals surface area (Å²) in [5.74, 6) is -0.819. The molecule has 0 aliphatic carbocycles. The highest BCUT2D eigenvalue weighted by atomic mass is 35.5. The average Bonchev–Trinajstić information content (AvgIpc) is 3.02. The first-order valence-corrected chi connectivity index (χ1v) is 10.7. The predicted molar refractivity (Wildman–Crippen MR) is 129 cm³/mol. The smallest absolute Gasteiger partial charge is 0.307 e. The van der Waals surface area contributed by atoms with Crippen LogP contribution in [0.15, 0.2) is 54.1 Å². The zero-order valence-corrected chi connectivity index (χ0v) is 19.9. The first-order chi connectivity index (χ1) is 14.4. The maximum absolute atomic E-state index is 10.9. The molecule has 0 fully saturated rings. The molecule has 1 aromatic carbocycles. The first kappa shape index (κ1) is 24.7. The number of benzene rings is 1. The van der Waals surface area contributed by atoms with Gasteiger partial charge in [-0.05, 0) is 76.5 Å². The number of hydrogen-bond donors (Lipinski definition) is 2. The summed E-state index contributed by atoms with van der Waals surface area (Å²) in [6.45, 7) is 12.3. The molecule has 31 heavy (non-hydrogen) atoms. The predicted octanol–water partition coefficient (Wildman–Crippen LogP) is 4.59. The topological polar surface area (TPSA) is 62.5 Å². The second-order valence-corrected chi connectivity index (χ2v) is 9.20. The lowest BCUT2D eigenvalue weighted by molar-refractivity contribution is -0.136. The van der Waals surface area contributed by atoms with Gasteiger partial charge in [0, 0.05) is 28.1 Å². The minimum atomic E-state index is -0.819. The van der Waals surface area contributed by atoms with Gasteiger partial charge in [-0.3, -0.25) is 4.79 Å². The van der Waals surface area contributed by atoms with Crippen molar-refractivity contribution in [3.63, 3.8) is 0 Å². The zero-order valence-electron chi connectivity index (χ0n) is 19.2. The molecule has 2 aromatic rings. The number of aliphatic carboxylic acids is 1. The van der Waals surface area contributed by atoms with Gasteiger partial charge in [0.25, 0.3) is 0 Å². The summed E-state index contributed by atoms with van der Waals surface area (Å²) in [5, 5.41) is 20.5. The highest BCUT2D eigenvalue weighted by Crippen LogP contribution is 2.17. The van der Waals surface area contributed by atoms with Crippen molar-refractivity contribution in [2.45, 2.75) is 60.1 Å². The van der Waals surface area contributed by atoms with E-state index < -0.39 is 11.6 Å². The Morgan fingerprint density at radius 1 is 1.19 bits per heavy atom. The first-order valence-electron chi connectivity index (χ1n) is 10.3. The van der Waals surface area contributed by atoms with Gasteiger partial charge < -0.3 is 14.8 Å². The van der Waals surface area contributed by atoms with Crippen molar-refractivity contribution in [3.05, 3.63) is 81.0 Å². The summed E-state index contributed by atoms with van der Waals surface area (Å²) in [4.78, 5) is 10.9. The minimum Gasteiger partial charge on any atom is -0.481 e. The molecule has 1 aromatic heterocycles. The van der Waals surface area contributed by atoms with E-state index in [-0.39, 0.29) is 6.42 Å². The summed E-state index contributed by atoms with van der Waals surface area (Å²) in [5.41, 5.74) is 5.05. The molecule has 0 bridgehead atoms. The van der Waals surface area contributed by atoms with Gasteiger partial charge in [-0.1, -0.05) is 42.0 Å². The normalized spacial score (nSPS) is 14.6. The molecule has 0 spiro atoms. The lowest BCUT2D eigenvalue weighted by atomic mass is 10.0. The summed E-state index contributed by atoms with van der Waals surface area (Å²) in [6, 6.07) is 10.1. The van der Waals surface area contributed by atoms with Crippen molar-refractivity contribution >= 4 is 28.7 Å². The summed E-state index contributed by atoms with van der Waals surface area (Å²) >= 11 is 6.02. The van der Waals surface area contributed by atoms with Gasteiger partial charge in [0.2, 0.25) is 0 Å². The molecule has 0 atom stereocenters. The number of aromatic nitrogens is 1. The molecule has 0 amide bonds. The molecule has 5 heteroatoms. The van der Waals surface area contributed by atoms with Gasteiger partial charge in [0.05, 0.1) is 17.4 Å². The summed E-state index contributed by atoms with van der Waals surface area (Å²) < 4.78 is 2.28. The van der Waals surface area contributed by atoms with Crippen LogP contribution in [-0.4, -0.2) is 26.4 Å². The molecule has 3 rings (SSSR count). The number of rotatable bonds is 4. The van der Waals surface area contributed by atoms with Crippen molar-refractivity contribution in [2.24, 2.45) is 0 Å². The van der Waals surface area contributed by atoms with Crippen molar-refractivity contribution in [3.8, 4) is 0 Å². The Hall–Kier alpha value is -2.56. The van der Waals surface area contributed by atoms with E-state index in [1.54, 1.807) is 26.8 Å². The van der Waals surface area contributed by atoms with Crippen molar-refractivity contribution in [1.82, 2.24) is 4.57 Å². The third-order valence-corrected chi connectivity index (χ3v) is 5.07. The molecule has 0 saturated heterocycles. The fraction of sp³-hybridized carbons (Fsp3) is 0.346. The fourth-order valence-corrected chi connectivity index (χ4v) is 3.49. The van der Waals surface area contributed by atoms with E-state index in [1.165, 1.54) is 16.5 Å².